The second-order valence-corrected chi connectivity index (χ2v) is 10.6. The molecule has 0 saturated carbocycles. The zero-order valence-corrected chi connectivity index (χ0v) is 26.4. The van der Waals surface area contributed by atoms with Crippen molar-refractivity contribution in [3.63, 3.8) is 0 Å². The zero-order chi connectivity index (χ0) is 32.0. The Balaban J connectivity index is 1.83. The molecule has 0 aromatic heterocycles. The summed E-state index contributed by atoms with van der Waals surface area (Å²) >= 11 is 0. The number of benzene rings is 3. The smallest absolute Gasteiger partial charge is 0.0526 e. The number of nitrogens with one attached hydrogen (secondary N) is 3. The van der Waals surface area contributed by atoms with Crippen LogP contribution in [-0.2, 0) is 6.42 Å². The number of hydrogen-bond acceptors (Lipinski definition) is 3. The second-order valence-electron chi connectivity index (χ2n) is 10.6. The van der Waals surface area contributed by atoms with E-state index in [4.69, 9.17) is 0 Å². The molecule has 3 nitrogen and oxygen atoms in total. The summed E-state index contributed by atoms with van der Waals surface area (Å²) < 4.78 is 0. The van der Waals surface area contributed by atoms with Gasteiger partial charge in [-0.15, -0.1) is 0 Å². The molecule has 1 unspecified atom stereocenters. The minimum atomic E-state index is -0.0811. The Hall–Kier alpha value is -5.38. The van der Waals surface area contributed by atoms with Crippen LogP contribution < -0.4 is 16.0 Å². The van der Waals surface area contributed by atoms with Gasteiger partial charge in [0.2, 0.25) is 0 Å². The summed E-state index contributed by atoms with van der Waals surface area (Å²) in [6.45, 7) is 18.6. The highest BCUT2D eigenvalue weighted by molar-refractivity contribution is 5.89. The standard InChI is InChI=1S/C42H43N3/c1-7-10-12-18-31(4)38-29-37(34-24-23-32(5)44-39-22-16-15-21-36(39)26-25-34)27-28-40(38)45-42(35-19-13-11-14-20-35)30-41(43-6)33(9-3)17-8-2/h7-25,27-30,41,43-45H,2-5,26H2,1,6H3/b10-7-,18-12-,24-23-,33-17+,34-25+,42-30-. The van der Waals surface area contributed by atoms with E-state index in [0.29, 0.717) is 0 Å². The van der Waals surface area contributed by atoms with Gasteiger partial charge in [0, 0.05) is 28.3 Å². The van der Waals surface area contributed by atoms with Gasteiger partial charge in [-0.1, -0.05) is 136 Å². The van der Waals surface area contributed by atoms with Crippen molar-refractivity contribution in [1.29, 1.82) is 0 Å². The maximum Gasteiger partial charge on any atom is 0.0526 e. The summed E-state index contributed by atoms with van der Waals surface area (Å²) in [7, 11) is 1.94. The molecule has 1 atom stereocenters. The average Bonchev–Trinajstić information content (AvgIpc) is 3.14. The van der Waals surface area contributed by atoms with Crippen molar-refractivity contribution in [3.8, 4) is 0 Å². The van der Waals surface area contributed by atoms with E-state index < -0.39 is 0 Å². The molecule has 3 aromatic rings. The molecule has 45 heavy (non-hydrogen) atoms. The third-order valence-electron chi connectivity index (χ3n) is 7.52. The van der Waals surface area contributed by atoms with E-state index >= 15 is 0 Å². The molecule has 0 radical (unpaired) electrons. The van der Waals surface area contributed by atoms with Gasteiger partial charge in [0.25, 0.3) is 0 Å². The first-order valence-electron chi connectivity index (χ1n) is 15.2. The van der Waals surface area contributed by atoms with E-state index in [0.717, 1.165) is 62.6 Å². The van der Waals surface area contributed by atoms with Crippen LogP contribution in [0.4, 0.5) is 11.4 Å². The molecule has 0 bridgehead atoms. The van der Waals surface area contributed by atoms with E-state index in [2.05, 4.69) is 109 Å². The van der Waals surface area contributed by atoms with Crippen molar-refractivity contribution in [3.05, 3.63) is 199 Å². The van der Waals surface area contributed by atoms with Crippen LogP contribution in [0.2, 0.25) is 0 Å². The fourth-order valence-corrected chi connectivity index (χ4v) is 5.12. The first kappa shape index (κ1) is 32.5. The molecule has 3 aromatic carbocycles. The maximum absolute atomic E-state index is 4.47. The Morgan fingerprint density at radius 3 is 2.47 bits per heavy atom. The Kier molecular flexibility index (Phi) is 11.9. The molecule has 0 spiro atoms. The summed E-state index contributed by atoms with van der Waals surface area (Å²) in [6.07, 6.45) is 23.1. The Labute approximate surface area is 269 Å². The van der Waals surface area contributed by atoms with E-state index in [1.807, 2.05) is 80.8 Å². The third kappa shape index (κ3) is 8.82. The van der Waals surface area contributed by atoms with Crippen molar-refractivity contribution >= 4 is 28.2 Å². The normalized spacial score (nSPS) is 16.4. The van der Waals surface area contributed by atoms with Gasteiger partial charge in [-0.25, -0.2) is 0 Å². The molecule has 1 heterocycles. The number of anilines is 2. The summed E-state index contributed by atoms with van der Waals surface area (Å²) in [5.74, 6) is 0. The monoisotopic (exact) mass is 589 g/mol. The number of para-hydroxylation sites is 1. The number of likely N-dealkylation sites (N-methyl/N-ethyl adjacent to an activating group) is 1. The van der Waals surface area contributed by atoms with Crippen LogP contribution >= 0.6 is 0 Å². The van der Waals surface area contributed by atoms with Gasteiger partial charge in [-0.3, -0.25) is 0 Å². The number of hydrogen-bond donors (Lipinski definition) is 3. The highest BCUT2D eigenvalue weighted by Gasteiger charge is 2.14. The number of rotatable bonds is 12. The predicted octanol–water partition coefficient (Wildman–Crippen LogP) is 10.3. The van der Waals surface area contributed by atoms with Crippen LogP contribution in [0.15, 0.2) is 177 Å². The first-order valence-corrected chi connectivity index (χ1v) is 15.2. The average molecular weight is 590 g/mol. The molecule has 4 rings (SSSR count). The van der Waals surface area contributed by atoms with E-state index in [1.165, 1.54) is 5.56 Å². The van der Waals surface area contributed by atoms with E-state index in [9.17, 15) is 0 Å². The topological polar surface area (TPSA) is 36.1 Å². The Morgan fingerprint density at radius 2 is 1.73 bits per heavy atom. The van der Waals surface area contributed by atoms with Crippen LogP contribution in [0, 0.1) is 0 Å². The molecule has 3 heteroatoms. The van der Waals surface area contributed by atoms with Crippen molar-refractivity contribution in [2.45, 2.75) is 19.4 Å². The molecule has 0 aliphatic carbocycles. The van der Waals surface area contributed by atoms with Crippen LogP contribution in [0.5, 0.6) is 0 Å². The minimum absolute atomic E-state index is 0.0811. The molecular formula is C42H43N3. The molecular weight excluding hydrogens is 546 g/mol. The van der Waals surface area contributed by atoms with Crippen LogP contribution in [0.3, 0.4) is 0 Å². The lowest BCUT2D eigenvalue weighted by Gasteiger charge is -2.20. The van der Waals surface area contributed by atoms with Gasteiger partial charge in [0.05, 0.1) is 6.04 Å². The van der Waals surface area contributed by atoms with Crippen LogP contribution in [0.1, 0.15) is 29.2 Å². The first-order chi connectivity index (χ1) is 22.0. The molecule has 1 aliphatic rings. The Bertz CT molecular complexity index is 1720. The van der Waals surface area contributed by atoms with Gasteiger partial charge in [0.1, 0.15) is 0 Å². The lowest BCUT2D eigenvalue weighted by atomic mass is 9.95. The van der Waals surface area contributed by atoms with Crippen molar-refractivity contribution in [1.82, 2.24) is 5.32 Å². The Morgan fingerprint density at radius 1 is 0.956 bits per heavy atom. The highest BCUT2D eigenvalue weighted by atomic mass is 14.9. The molecule has 0 saturated heterocycles. The minimum Gasteiger partial charge on any atom is -0.356 e. The van der Waals surface area contributed by atoms with Gasteiger partial charge < -0.3 is 16.0 Å². The van der Waals surface area contributed by atoms with Crippen LogP contribution in [0.25, 0.3) is 16.8 Å². The number of allylic oxidation sites excluding steroid dienone is 11. The summed E-state index contributed by atoms with van der Waals surface area (Å²) in [5.41, 5.74) is 11.3. The molecule has 1 aliphatic heterocycles. The molecule has 3 N–H and O–H groups in total. The van der Waals surface area contributed by atoms with Gasteiger partial charge in [-0.05, 0) is 84.2 Å². The van der Waals surface area contributed by atoms with Gasteiger partial charge in [0.15, 0.2) is 0 Å². The van der Waals surface area contributed by atoms with Crippen molar-refractivity contribution < 1.29 is 0 Å². The molecule has 0 fully saturated rings. The fraction of sp³-hybridized carbons (Fsp3) is 0.0952. The summed E-state index contributed by atoms with van der Waals surface area (Å²) in [6, 6.07) is 25.1. The van der Waals surface area contributed by atoms with E-state index in [1.54, 1.807) is 6.08 Å². The zero-order valence-electron chi connectivity index (χ0n) is 26.4. The summed E-state index contributed by atoms with van der Waals surface area (Å²) in [5, 5.41) is 10.6. The lowest BCUT2D eigenvalue weighted by molar-refractivity contribution is 0.767. The lowest BCUT2D eigenvalue weighted by Crippen LogP contribution is -2.25. The fourth-order valence-electron chi connectivity index (χ4n) is 5.12. The van der Waals surface area contributed by atoms with Gasteiger partial charge >= 0.3 is 0 Å². The quantitative estimate of drug-likeness (QED) is 0.184. The highest BCUT2D eigenvalue weighted by Crippen LogP contribution is 2.33. The van der Waals surface area contributed by atoms with Crippen molar-refractivity contribution in [2.75, 3.05) is 17.7 Å². The third-order valence-corrected chi connectivity index (χ3v) is 7.52. The predicted molar refractivity (Wildman–Crippen MR) is 199 cm³/mol. The van der Waals surface area contributed by atoms with E-state index in [-0.39, 0.29) is 6.04 Å². The van der Waals surface area contributed by atoms with Gasteiger partial charge in [-0.2, -0.15) is 0 Å². The largest absolute Gasteiger partial charge is 0.356 e. The summed E-state index contributed by atoms with van der Waals surface area (Å²) in [4.78, 5) is 0. The molecule has 226 valence electrons. The maximum atomic E-state index is 4.47. The second kappa shape index (κ2) is 16.5. The van der Waals surface area contributed by atoms with Crippen molar-refractivity contribution in [2.24, 2.45) is 0 Å². The van der Waals surface area contributed by atoms with Crippen LogP contribution in [-0.4, -0.2) is 13.1 Å². The number of fused-ring (bicyclic) bond motifs is 1. The molecule has 0 amide bonds. The SMILES string of the molecule is C=C/C=C(\C=C)C(/C=C(\Nc1ccc(C2=C/Cc3ccccc3NC(=C)/C=C\2)cc1C(=C)/C=C\C=C/C)c1ccccc1)NC.